The molecule has 6 nitrogen and oxygen atoms in total. The molecule has 0 spiro atoms. The molecule has 0 aliphatic heterocycles. The Hall–Kier alpha value is -2.02. The summed E-state index contributed by atoms with van der Waals surface area (Å²) >= 11 is 1.67. The van der Waals surface area contributed by atoms with E-state index in [0.29, 0.717) is 5.95 Å². The van der Waals surface area contributed by atoms with Gasteiger partial charge in [-0.25, -0.2) is 9.97 Å². The Morgan fingerprint density at radius 2 is 2.00 bits per heavy atom. The quantitative estimate of drug-likeness (QED) is 0.802. The Morgan fingerprint density at radius 1 is 1.19 bits per heavy atom. The zero-order chi connectivity index (χ0) is 15.0. The molecule has 3 aromatic heterocycles. The van der Waals surface area contributed by atoms with E-state index in [4.69, 9.17) is 0 Å². The number of aromatic nitrogens is 5. The van der Waals surface area contributed by atoms with Crippen LogP contribution in [-0.4, -0.2) is 31.3 Å². The van der Waals surface area contributed by atoms with E-state index in [2.05, 4.69) is 45.3 Å². The van der Waals surface area contributed by atoms with E-state index in [-0.39, 0.29) is 0 Å². The molecule has 3 aromatic rings. The Balaban J connectivity index is 2.20. The fourth-order valence-electron chi connectivity index (χ4n) is 2.23. The summed E-state index contributed by atoms with van der Waals surface area (Å²) in [6.45, 7) is 8.87. The fraction of sp³-hybridized carbons (Fsp3) is 0.429. The highest BCUT2D eigenvalue weighted by molar-refractivity contribution is 7.18. The first-order valence-corrected chi connectivity index (χ1v) is 7.83. The highest BCUT2D eigenvalue weighted by atomic mass is 32.1. The van der Waals surface area contributed by atoms with Gasteiger partial charge in [0.05, 0.1) is 5.39 Å². The zero-order valence-electron chi connectivity index (χ0n) is 12.6. The lowest BCUT2D eigenvalue weighted by Gasteiger charge is -2.08. The van der Waals surface area contributed by atoms with Crippen LogP contribution in [0.5, 0.6) is 0 Å². The van der Waals surface area contributed by atoms with Crippen molar-refractivity contribution >= 4 is 27.5 Å². The molecule has 21 heavy (non-hydrogen) atoms. The van der Waals surface area contributed by atoms with Crippen molar-refractivity contribution in [1.82, 2.24) is 24.7 Å². The van der Waals surface area contributed by atoms with Crippen LogP contribution < -0.4 is 5.32 Å². The summed E-state index contributed by atoms with van der Waals surface area (Å²) in [5.41, 5.74) is 0. The molecule has 0 amide bonds. The Labute approximate surface area is 127 Å². The molecule has 0 bridgehead atoms. The van der Waals surface area contributed by atoms with Crippen molar-refractivity contribution in [3.8, 4) is 5.82 Å². The van der Waals surface area contributed by atoms with Crippen molar-refractivity contribution in [3.63, 3.8) is 0 Å². The Morgan fingerprint density at radius 3 is 2.67 bits per heavy atom. The highest BCUT2D eigenvalue weighted by Gasteiger charge is 2.15. The Bertz CT molecular complexity index is 788. The molecule has 0 aliphatic carbocycles. The van der Waals surface area contributed by atoms with Gasteiger partial charge in [-0.1, -0.05) is 6.92 Å². The molecule has 0 aromatic carbocycles. The molecule has 0 saturated heterocycles. The monoisotopic (exact) mass is 302 g/mol. The van der Waals surface area contributed by atoms with Gasteiger partial charge in [0.15, 0.2) is 5.82 Å². The van der Waals surface area contributed by atoms with Crippen molar-refractivity contribution < 1.29 is 0 Å². The molecule has 0 radical (unpaired) electrons. The minimum Gasteiger partial charge on any atom is -0.354 e. The molecule has 3 heterocycles. The van der Waals surface area contributed by atoms with Crippen LogP contribution in [0.3, 0.4) is 0 Å². The van der Waals surface area contributed by atoms with Crippen molar-refractivity contribution in [2.75, 3.05) is 11.9 Å². The first kappa shape index (κ1) is 13.9. The lowest BCUT2D eigenvalue weighted by Crippen LogP contribution is -2.09. The van der Waals surface area contributed by atoms with Crippen LogP contribution >= 0.6 is 11.3 Å². The van der Waals surface area contributed by atoms with Crippen molar-refractivity contribution in [1.29, 1.82) is 0 Å². The van der Waals surface area contributed by atoms with Crippen LogP contribution in [0.4, 0.5) is 5.95 Å². The molecule has 0 unspecified atom stereocenters. The van der Waals surface area contributed by atoms with E-state index in [0.717, 1.165) is 40.6 Å². The number of aryl methyl sites for hydroxylation is 3. The smallest absolute Gasteiger partial charge is 0.226 e. The summed E-state index contributed by atoms with van der Waals surface area (Å²) in [5.74, 6) is 3.02. The van der Waals surface area contributed by atoms with E-state index in [1.165, 1.54) is 4.88 Å². The van der Waals surface area contributed by atoms with Crippen LogP contribution in [0.2, 0.25) is 0 Å². The first-order chi connectivity index (χ1) is 10.1. The van der Waals surface area contributed by atoms with Crippen LogP contribution in [0.15, 0.2) is 6.07 Å². The number of rotatable bonds is 4. The van der Waals surface area contributed by atoms with Crippen LogP contribution in [0, 0.1) is 20.8 Å². The van der Waals surface area contributed by atoms with Gasteiger partial charge in [0, 0.05) is 11.4 Å². The summed E-state index contributed by atoms with van der Waals surface area (Å²) in [6, 6.07) is 2.11. The predicted octanol–water partition coefficient (Wildman–Crippen LogP) is 3.02. The molecule has 0 saturated carbocycles. The van der Waals surface area contributed by atoms with Gasteiger partial charge in [-0.05, 0) is 33.3 Å². The highest BCUT2D eigenvalue weighted by Crippen LogP contribution is 2.28. The maximum atomic E-state index is 4.64. The van der Waals surface area contributed by atoms with Crippen molar-refractivity contribution in [2.24, 2.45) is 0 Å². The predicted molar refractivity (Wildman–Crippen MR) is 85.3 cm³/mol. The number of nitrogens with one attached hydrogen (secondary N) is 1. The summed E-state index contributed by atoms with van der Waals surface area (Å²) in [7, 11) is 0. The second-order valence-electron chi connectivity index (χ2n) is 4.99. The minimum absolute atomic E-state index is 0.647. The second kappa shape index (κ2) is 5.40. The molecular weight excluding hydrogens is 284 g/mol. The normalized spacial score (nSPS) is 11.2. The van der Waals surface area contributed by atoms with E-state index < -0.39 is 0 Å². The molecular formula is C14H18N6S. The molecule has 110 valence electrons. The van der Waals surface area contributed by atoms with Crippen molar-refractivity contribution in [2.45, 2.75) is 34.1 Å². The van der Waals surface area contributed by atoms with Crippen LogP contribution in [0.25, 0.3) is 16.0 Å². The maximum Gasteiger partial charge on any atom is 0.226 e. The second-order valence-corrected chi connectivity index (χ2v) is 6.23. The van der Waals surface area contributed by atoms with Gasteiger partial charge in [0.2, 0.25) is 5.95 Å². The number of anilines is 1. The SMILES string of the molecule is CCCNc1nc(-n2nc(C)nc2C)c2cc(C)sc2n1. The average Bonchev–Trinajstić information content (AvgIpc) is 2.96. The molecule has 0 atom stereocenters. The third kappa shape index (κ3) is 2.61. The lowest BCUT2D eigenvalue weighted by molar-refractivity contribution is 0.807. The average molecular weight is 302 g/mol. The van der Waals surface area contributed by atoms with E-state index in [1.807, 2.05) is 13.8 Å². The van der Waals surface area contributed by atoms with Gasteiger partial charge in [-0.15, -0.1) is 16.4 Å². The molecule has 3 rings (SSSR count). The van der Waals surface area contributed by atoms with Crippen LogP contribution in [-0.2, 0) is 0 Å². The first-order valence-electron chi connectivity index (χ1n) is 7.01. The minimum atomic E-state index is 0.647. The van der Waals surface area contributed by atoms with Gasteiger partial charge in [0.1, 0.15) is 16.5 Å². The topological polar surface area (TPSA) is 68.5 Å². The van der Waals surface area contributed by atoms with E-state index in [9.17, 15) is 0 Å². The van der Waals surface area contributed by atoms with Gasteiger partial charge in [-0.3, -0.25) is 0 Å². The molecule has 0 aliphatic rings. The van der Waals surface area contributed by atoms with E-state index in [1.54, 1.807) is 16.0 Å². The number of fused-ring (bicyclic) bond motifs is 1. The Kier molecular flexibility index (Phi) is 3.59. The third-order valence-corrected chi connectivity index (χ3v) is 4.05. The fourth-order valence-corrected chi connectivity index (χ4v) is 3.10. The third-order valence-electron chi connectivity index (χ3n) is 3.10. The summed E-state index contributed by atoms with van der Waals surface area (Å²) in [4.78, 5) is 15.8. The lowest BCUT2D eigenvalue weighted by atomic mass is 10.3. The maximum absolute atomic E-state index is 4.64. The van der Waals surface area contributed by atoms with E-state index >= 15 is 0 Å². The van der Waals surface area contributed by atoms with Crippen molar-refractivity contribution in [3.05, 3.63) is 22.6 Å². The number of hydrogen-bond donors (Lipinski definition) is 1. The number of thiophene rings is 1. The molecule has 7 heteroatoms. The number of hydrogen-bond acceptors (Lipinski definition) is 6. The molecule has 0 fully saturated rings. The van der Waals surface area contributed by atoms with Gasteiger partial charge in [-0.2, -0.15) is 9.67 Å². The van der Waals surface area contributed by atoms with Crippen LogP contribution in [0.1, 0.15) is 29.9 Å². The largest absolute Gasteiger partial charge is 0.354 e. The van der Waals surface area contributed by atoms with Gasteiger partial charge in [0.25, 0.3) is 0 Å². The summed E-state index contributed by atoms with van der Waals surface area (Å²) in [5, 5.41) is 8.73. The number of nitrogens with zero attached hydrogens (tertiary/aromatic N) is 5. The zero-order valence-corrected chi connectivity index (χ0v) is 13.5. The summed E-state index contributed by atoms with van der Waals surface area (Å²) < 4.78 is 1.79. The van der Waals surface area contributed by atoms with Gasteiger partial charge < -0.3 is 5.32 Å². The summed E-state index contributed by atoms with van der Waals surface area (Å²) in [6.07, 6.45) is 1.03. The van der Waals surface area contributed by atoms with Gasteiger partial charge >= 0.3 is 0 Å². The standard InChI is InChI=1S/C14H18N6S/c1-5-6-15-14-17-12(20-10(4)16-9(3)19-20)11-7-8(2)21-13(11)18-14/h7H,5-6H2,1-4H3,(H,15,17,18). The molecule has 1 N–H and O–H groups in total.